The lowest BCUT2D eigenvalue weighted by molar-refractivity contribution is 0.545. The predicted octanol–water partition coefficient (Wildman–Crippen LogP) is 3.72. The van der Waals surface area contributed by atoms with Crippen LogP contribution < -0.4 is 0 Å². The molecular formula is C12H15N. The Kier molecular flexibility index (Phi) is 3.52. The van der Waals surface area contributed by atoms with E-state index in [-0.39, 0.29) is 0 Å². The summed E-state index contributed by atoms with van der Waals surface area (Å²) in [6.07, 6.45) is 9.04. The highest BCUT2D eigenvalue weighted by Gasteiger charge is 2.12. The summed E-state index contributed by atoms with van der Waals surface area (Å²) < 4.78 is 0. The molecule has 0 aliphatic heterocycles. The van der Waals surface area contributed by atoms with Gasteiger partial charge in [-0.2, -0.15) is 0 Å². The molecule has 1 aliphatic rings. The Balaban J connectivity index is 2.53. The third-order valence-corrected chi connectivity index (χ3v) is 2.51. The van der Waals surface area contributed by atoms with Crippen LogP contribution in [-0.2, 0) is 0 Å². The van der Waals surface area contributed by atoms with Crippen LogP contribution in [0.15, 0.2) is 36.1 Å². The number of hydrogen-bond donors (Lipinski definition) is 0. The first-order valence-electron chi connectivity index (χ1n) is 4.61. The van der Waals surface area contributed by atoms with Crippen LogP contribution in [0.3, 0.4) is 0 Å². The van der Waals surface area contributed by atoms with E-state index in [9.17, 15) is 0 Å². The summed E-state index contributed by atoms with van der Waals surface area (Å²) in [4.78, 5) is 3.19. The van der Waals surface area contributed by atoms with E-state index in [0.29, 0.717) is 5.92 Å². The molecule has 0 radical (unpaired) electrons. The van der Waals surface area contributed by atoms with Crippen LogP contribution in [0.25, 0.3) is 4.85 Å². The molecule has 0 N–H and O–H groups in total. The zero-order valence-corrected chi connectivity index (χ0v) is 8.09. The van der Waals surface area contributed by atoms with Crippen LogP contribution >= 0.6 is 0 Å². The van der Waals surface area contributed by atoms with Crippen molar-refractivity contribution in [3.63, 3.8) is 0 Å². The van der Waals surface area contributed by atoms with Gasteiger partial charge in [0.15, 0.2) is 6.20 Å². The van der Waals surface area contributed by atoms with Gasteiger partial charge in [0, 0.05) is 0 Å². The van der Waals surface area contributed by atoms with E-state index in [2.05, 4.69) is 24.4 Å². The molecule has 0 aromatic carbocycles. The van der Waals surface area contributed by atoms with E-state index < -0.39 is 0 Å². The molecule has 0 bridgehead atoms. The van der Waals surface area contributed by atoms with Crippen molar-refractivity contribution in [1.82, 2.24) is 0 Å². The minimum absolute atomic E-state index is 0.657. The molecule has 0 unspecified atom stereocenters. The lowest BCUT2D eigenvalue weighted by atomic mass is 9.85. The smallest absolute Gasteiger partial charge is 0.154 e. The third-order valence-electron chi connectivity index (χ3n) is 2.51. The molecule has 13 heavy (non-hydrogen) atoms. The Bertz CT molecular complexity index is 289. The quantitative estimate of drug-likeness (QED) is 0.443. The number of allylic oxidation sites excluding steroid dienone is 4. The van der Waals surface area contributed by atoms with Gasteiger partial charge in [-0.15, -0.1) is 0 Å². The Labute approximate surface area is 80.3 Å². The van der Waals surface area contributed by atoms with Gasteiger partial charge in [0.2, 0.25) is 0 Å². The van der Waals surface area contributed by atoms with Crippen molar-refractivity contribution in [3.05, 3.63) is 47.5 Å². The normalized spacial score (nSPS) is 22.5. The Morgan fingerprint density at radius 2 is 2.54 bits per heavy atom. The lowest BCUT2D eigenvalue weighted by Gasteiger charge is -2.20. The predicted molar refractivity (Wildman–Crippen MR) is 56.0 cm³/mol. The average Bonchev–Trinajstić information content (AvgIpc) is 2.15. The maximum absolute atomic E-state index is 6.63. The molecule has 1 heteroatoms. The second-order valence-electron chi connectivity index (χ2n) is 3.54. The first-order chi connectivity index (χ1) is 6.24. The van der Waals surface area contributed by atoms with Gasteiger partial charge in [0.1, 0.15) is 0 Å². The summed E-state index contributed by atoms with van der Waals surface area (Å²) in [5, 5.41) is 0. The lowest BCUT2D eigenvalue weighted by Crippen LogP contribution is -2.05. The molecule has 0 aromatic rings. The van der Waals surface area contributed by atoms with Crippen molar-refractivity contribution in [3.8, 4) is 0 Å². The molecule has 0 saturated heterocycles. The summed E-state index contributed by atoms with van der Waals surface area (Å²) in [6.45, 7) is 12.7. The third kappa shape index (κ3) is 2.91. The Morgan fingerprint density at radius 3 is 3.00 bits per heavy atom. The maximum atomic E-state index is 6.63. The standard InChI is InChI=1S/C12H15N/c1-10(2)12-6-4-11(5-7-12)8-9-13-3/h4,8-9,12H,1,5-7H2,2H3/b9-8+/t12-/m0/s1. The van der Waals surface area contributed by atoms with Crippen LogP contribution in [0, 0.1) is 12.5 Å². The van der Waals surface area contributed by atoms with Gasteiger partial charge >= 0.3 is 0 Å². The summed E-state index contributed by atoms with van der Waals surface area (Å²) in [6, 6.07) is 0. The van der Waals surface area contributed by atoms with E-state index in [1.165, 1.54) is 23.8 Å². The highest BCUT2D eigenvalue weighted by atomic mass is 14.6. The molecular weight excluding hydrogens is 158 g/mol. The van der Waals surface area contributed by atoms with Crippen molar-refractivity contribution in [2.75, 3.05) is 0 Å². The number of rotatable bonds is 2. The molecule has 1 rings (SSSR count). The molecule has 0 spiro atoms. The zero-order valence-electron chi connectivity index (χ0n) is 8.09. The summed E-state index contributed by atoms with van der Waals surface area (Å²) in [5.74, 6) is 0.657. The number of nitrogens with zero attached hydrogens (tertiary/aromatic N) is 1. The molecule has 0 fully saturated rings. The van der Waals surface area contributed by atoms with Crippen LogP contribution in [0.1, 0.15) is 26.2 Å². The van der Waals surface area contributed by atoms with Gasteiger partial charge < -0.3 is 0 Å². The summed E-state index contributed by atoms with van der Waals surface area (Å²) in [7, 11) is 0. The second-order valence-corrected chi connectivity index (χ2v) is 3.54. The van der Waals surface area contributed by atoms with E-state index in [1.807, 2.05) is 6.08 Å². The molecule has 68 valence electrons. The molecule has 1 aliphatic carbocycles. The zero-order chi connectivity index (χ0) is 9.68. The van der Waals surface area contributed by atoms with E-state index in [0.717, 1.165) is 12.8 Å². The fraction of sp³-hybridized carbons (Fsp3) is 0.417. The minimum atomic E-state index is 0.657. The molecule has 1 atom stereocenters. The monoisotopic (exact) mass is 173 g/mol. The van der Waals surface area contributed by atoms with Gasteiger partial charge in [0.05, 0.1) is 6.57 Å². The Morgan fingerprint density at radius 1 is 1.77 bits per heavy atom. The molecule has 0 heterocycles. The average molecular weight is 173 g/mol. The highest BCUT2D eigenvalue weighted by molar-refractivity contribution is 5.23. The molecule has 0 saturated carbocycles. The van der Waals surface area contributed by atoms with Gasteiger partial charge in [-0.25, -0.2) is 4.85 Å². The molecule has 1 nitrogen and oxygen atoms in total. The Hall–Kier alpha value is -1.29. The topological polar surface area (TPSA) is 4.36 Å². The van der Waals surface area contributed by atoms with Crippen LogP contribution in [0.4, 0.5) is 0 Å². The van der Waals surface area contributed by atoms with Gasteiger partial charge in [-0.1, -0.05) is 29.9 Å². The first-order valence-corrected chi connectivity index (χ1v) is 4.61. The summed E-state index contributed by atoms with van der Waals surface area (Å²) in [5.41, 5.74) is 2.58. The van der Waals surface area contributed by atoms with Crippen molar-refractivity contribution in [2.24, 2.45) is 5.92 Å². The van der Waals surface area contributed by atoms with E-state index >= 15 is 0 Å². The minimum Gasteiger partial charge on any atom is -0.246 e. The van der Waals surface area contributed by atoms with E-state index in [1.54, 1.807) is 0 Å². The van der Waals surface area contributed by atoms with Crippen molar-refractivity contribution >= 4 is 0 Å². The molecule has 0 aromatic heterocycles. The van der Waals surface area contributed by atoms with Crippen molar-refractivity contribution < 1.29 is 0 Å². The first kappa shape index (κ1) is 9.80. The second kappa shape index (κ2) is 4.67. The van der Waals surface area contributed by atoms with E-state index in [4.69, 9.17) is 6.57 Å². The number of hydrogen-bond acceptors (Lipinski definition) is 0. The molecule has 0 amide bonds. The van der Waals surface area contributed by atoms with Crippen LogP contribution in [-0.4, -0.2) is 0 Å². The summed E-state index contributed by atoms with van der Waals surface area (Å²) >= 11 is 0. The van der Waals surface area contributed by atoms with Gasteiger partial charge in [0.25, 0.3) is 0 Å². The van der Waals surface area contributed by atoms with Crippen molar-refractivity contribution in [1.29, 1.82) is 0 Å². The fourth-order valence-corrected chi connectivity index (χ4v) is 1.59. The maximum Gasteiger partial charge on any atom is 0.154 e. The van der Waals surface area contributed by atoms with Crippen LogP contribution in [0.5, 0.6) is 0 Å². The SMILES string of the molecule is [C-]#[N+]/C=C/C1=CC[C@H](C(=C)C)CC1. The largest absolute Gasteiger partial charge is 0.246 e. The van der Waals surface area contributed by atoms with Gasteiger partial charge in [-0.05, 0) is 32.1 Å². The fourth-order valence-electron chi connectivity index (χ4n) is 1.59. The van der Waals surface area contributed by atoms with Crippen LogP contribution in [0.2, 0.25) is 0 Å². The highest BCUT2D eigenvalue weighted by Crippen LogP contribution is 2.28. The van der Waals surface area contributed by atoms with Gasteiger partial charge in [-0.3, -0.25) is 0 Å². The van der Waals surface area contributed by atoms with Crippen molar-refractivity contribution in [2.45, 2.75) is 26.2 Å².